The van der Waals surface area contributed by atoms with E-state index >= 15 is 0 Å². The van der Waals surface area contributed by atoms with Crippen molar-refractivity contribution < 1.29 is 19.0 Å². The fourth-order valence-corrected chi connectivity index (χ4v) is 3.56. The minimum Gasteiger partial charge on any atom is -0.497 e. The van der Waals surface area contributed by atoms with Crippen LogP contribution in [0.25, 0.3) is 0 Å². The van der Waals surface area contributed by atoms with Crippen LogP contribution in [0.5, 0.6) is 5.75 Å². The third-order valence-electron chi connectivity index (χ3n) is 5.17. The third kappa shape index (κ3) is 4.88. The van der Waals surface area contributed by atoms with Crippen molar-refractivity contribution in [3.05, 3.63) is 65.5 Å². The molecular weight excluding hydrogens is 359 g/mol. The number of carbonyl (C=O) groups excluding carboxylic acids is 1. The highest BCUT2D eigenvalue weighted by Crippen LogP contribution is 2.25. The second kappa shape index (κ2) is 9.17. The summed E-state index contributed by atoms with van der Waals surface area (Å²) in [7, 11) is 1.52. The molecule has 2 aromatic carbocycles. The van der Waals surface area contributed by atoms with E-state index < -0.39 is 5.60 Å². The van der Waals surface area contributed by atoms with Gasteiger partial charge in [0.2, 0.25) is 0 Å². The Balaban J connectivity index is 1.58. The predicted molar refractivity (Wildman–Crippen MR) is 106 cm³/mol. The van der Waals surface area contributed by atoms with Crippen molar-refractivity contribution in [1.82, 2.24) is 10.2 Å². The van der Waals surface area contributed by atoms with Crippen molar-refractivity contribution in [2.45, 2.75) is 31.4 Å². The van der Waals surface area contributed by atoms with E-state index in [0.717, 1.165) is 6.42 Å². The smallest absolute Gasteiger partial charge is 0.256 e. The number of methoxy groups -OCH3 is 1. The molecule has 0 spiro atoms. The Morgan fingerprint density at radius 3 is 2.79 bits per heavy atom. The van der Waals surface area contributed by atoms with Gasteiger partial charge in [-0.3, -0.25) is 4.79 Å². The summed E-state index contributed by atoms with van der Waals surface area (Å²) in [5.41, 5.74) is 0.130. The zero-order valence-corrected chi connectivity index (χ0v) is 16.2. The fourth-order valence-electron chi connectivity index (χ4n) is 3.56. The van der Waals surface area contributed by atoms with E-state index in [4.69, 9.17) is 4.74 Å². The van der Waals surface area contributed by atoms with E-state index in [-0.39, 0.29) is 24.8 Å². The molecule has 1 saturated heterocycles. The molecule has 1 fully saturated rings. The van der Waals surface area contributed by atoms with Crippen LogP contribution in [0.3, 0.4) is 0 Å². The van der Waals surface area contributed by atoms with Crippen LogP contribution < -0.4 is 10.1 Å². The number of hydrogen-bond donors (Lipinski definition) is 2. The van der Waals surface area contributed by atoms with Crippen molar-refractivity contribution in [3.63, 3.8) is 0 Å². The molecule has 1 aliphatic heterocycles. The average Bonchev–Trinajstić information content (AvgIpc) is 2.71. The van der Waals surface area contributed by atoms with Gasteiger partial charge in [0, 0.05) is 25.2 Å². The first-order valence-corrected chi connectivity index (χ1v) is 9.61. The fraction of sp³-hybridized carbons (Fsp3) is 0.409. The molecule has 1 aliphatic rings. The monoisotopic (exact) mass is 386 g/mol. The number of rotatable bonds is 8. The van der Waals surface area contributed by atoms with Gasteiger partial charge in [-0.05, 0) is 49.6 Å². The highest BCUT2D eigenvalue weighted by atomic mass is 19.1. The molecule has 1 atom stereocenters. The zero-order valence-electron chi connectivity index (χ0n) is 16.2. The van der Waals surface area contributed by atoms with E-state index in [1.165, 1.54) is 23.6 Å². The number of aliphatic hydroxyl groups is 1. The number of ether oxygens (including phenoxy) is 1. The summed E-state index contributed by atoms with van der Waals surface area (Å²) in [4.78, 5) is 14.4. The first-order chi connectivity index (χ1) is 13.5. The lowest BCUT2D eigenvalue weighted by Crippen LogP contribution is -2.57. The molecule has 5 nitrogen and oxygen atoms in total. The van der Waals surface area contributed by atoms with Gasteiger partial charge in [-0.2, -0.15) is 0 Å². The van der Waals surface area contributed by atoms with Crippen LogP contribution in [0.2, 0.25) is 0 Å². The van der Waals surface area contributed by atoms with E-state index in [9.17, 15) is 14.3 Å². The summed E-state index contributed by atoms with van der Waals surface area (Å²) in [6.07, 6.45) is 1.90. The van der Waals surface area contributed by atoms with Gasteiger partial charge in [-0.15, -0.1) is 0 Å². The van der Waals surface area contributed by atoms with Crippen LogP contribution in [-0.4, -0.2) is 48.3 Å². The van der Waals surface area contributed by atoms with Gasteiger partial charge < -0.3 is 20.1 Å². The summed E-state index contributed by atoms with van der Waals surface area (Å²) in [5.74, 6) is -0.199. The van der Waals surface area contributed by atoms with Crippen LogP contribution in [0.4, 0.5) is 4.39 Å². The lowest BCUT2D eigenvalue weighted by Gasteiger charge is -2.38. The normalized spacial score (nSPS) is 19.7. The van der Waals surface area contributed by atoms with Crippen molar-refractivity contribution in [3.8, 4) is 5.75 Å². The van der Waals surface area contributed by atoms with Gasteiger partial charge in [-0.25, -0.2) is 4.39 Å². The lowest BCUT2D eigenvalue weighted by atomic mass is 9.91. The number of likely N-dealkylation sites (tertiary alicyclic amines) is 1. The summed E-state index contributed by atoms with van der Waals surface area (Å²) in [6, 6.07) is 14.5. The second-order valence-electron chi connectivity index (χ2n) is 7.23. The minimum absolute atomic E-state index is 0.119. The Kier molecular flexibility index (Phi) is 6.65. The number of carbonyl (C=O) groups is 1. The van der Waals surface area contributed by atoms with Crippen molar-refractivity contribution in [2.24, 2.45) is 0 Å². The summed E-state index contributed by atoms with van der Waals surface area (Å²) in [5, 5.41) is 14.1. The molecule has 0 bridgehead atoms. The van der Waals surface area contributed by atoms with E-state index in [2.05, 4.69) is 5.32 Å². The molecule has 3 rings (SSSR count). The van der Waals surface area contributed by atoms with Crippen molar-refractivity contribution in [2.75, 3.05) is 26.7 Å². The molecule has 0 aliphatic carbocycles. The molecule has 0 aromatic heterocycles. The lowest BCUT2D eigenvalue weighted by molar-refractivity contribution is -0.157. The summed E-state index contributed by atoms with van der Waals surface area (Å²) < 4.78 is 19.3. The molecule has 1 heterocycles. The van der Waals surface area contributed by atoms with Crippen molar-refractivity contribution >= 4 is 5.91 Å². The quantitative estimate of drug-likeness (QED) is 0.685. The Hall–Kier alpha value is -2.44. The Morgan fingerprint density at radius 1 is 1.25 bits per heavy atom. The largest absolute Gasteiger partial charge is 0.497 e. The topological polar surface area (TPSA) is 61.8 Å². The van der Waals surface area contributed by atoms with Crippen LogP contribution in [-0.2, 0) is 17.8 Å². The molecular formula is C22H27FN2O3. The van der Waals surface area contributed by atoms with E-state index in [1.54, 1.807) is 12.1 Å². The van der Waals surface area contributed by atoms with Crippen LogP contribution >= 0.6 is 0 Å². The maximum Gasteiger partial charge on any atom is 0.256 e. The Labute approximate surface area is 165 Å². The molecule has 1 unspecified atom stereocenters. The molecule has 2 N–H and O–H groups in total. The van der Waals surface area contributed by atoms with Gasteiger partial charge in [0.05, 0.1) is 7.11 Å². The highest BCUT2D eigenvalue weighted by Gasteiger charge is 2.41. The van der Waals surface area contributed by atoms with E-state index in [1.807, 2.05) is 30.3 Å². The number of hydrogen-bond acceptors (Lipinski definition) is 4. The second-order valence-corrected chi connectivity index (χ2v) is 7.23. The first-order valence-electron chi connectivity index (χ1n) is 9.61. The number of piperidine rings is 1. The number of nitrogens with one attached hydrogen (secondary N) is 1. The average molecular weight is 386 g/mol. The first kappa shape index (κ1) is 20.3. The Morgan fingerprint density at radius 2 is 2.04 bits per heavy atom. The SMILES string of the molecule is COc1ccc(F)c(CN2CCCC(O)(CNCCc3ccccc3)C2=O)c1. The van der Waals surface area contributed by atoms with Gasteiger partial charge >= 0.3 is 0 Å². The van der Waals surface area contributed by atoms with Crippen LogP contribution in [0, 0.1) is 5.82 Å². The van der Waals surface area contributed by atoms with Crippen molar-refractivity contribution in [1.29, 1.82) is 0 Å². The van der Waals surface area contributed by atoms with Gasteiger partial charge in [0.1, 0.15) is 11.6 Å². The predicted octanol–water partition coefficient (Wildman–Crippen LogP) is 2.52. The maximum atomic E-state index is 14.1. The number of halogens is 1. The Bertz CT molecular complexity index is 800. The van der Waals surface area contributed by atoms with Crippen LogP contribution in [0.1, 0.15) is 24.0 Å². The molecule has 0 radical (unpaired) electrons. The molecule has 2 aromatic rings. The molecule has 1 amide bonds. The molecule has 150 valence electrons. The maximum absolute atomic E-state index is 14.1. The van der Waals surface area contributed by atoms with E-state index in [0.29, 0.717) is 37.2 Å². The van der Waals surface area contributed by atoms with Gasteiger partial charge in [-0.1, -0.05) is 30.3 Å². The third-order valence-corrected chi connectivity index (χ3v) is 5.17. The van der Waals surface area contributed by atoms with Crippen LogP contribution in [0.15, 0.2) is 48.5 Å². The molecule has 0 saturated carbocycles. The summed E-state index contributed by atoms with van der Waals surface area (Å²) in [6.45, 7) is 1.48. The zero-order chi connectivity index (χ0) is 20.0. The highest BCUT2D eigenvalue weighted by molar-refractivity contribution is 5.86. The molecule has 28 heavy (non-hydrogen) atoms. The van der Waals surface area contributed by atoms with Gasteiger partial charge in [0.25, 0.3) is 5.91 Å². The number of nitrogens with zero attached hydrogens (tertiary/aromatic N) is 1. The number of benzene rings is 2. The minimum atomic E-state index is -1.45. The van der Waals surface area contributed by atoms with Gasteiger partial charge in [0.15, 0.2) is 5.60 Å². The summed E-state index contributed by atoms with van der Waals surface area (Å²) >= 11 is 0. The number of amides is 1. The standard InChI is InChI=1S/C22H27FN2O3/c1-28-19-8-9-20(23)18(14-19)15-25-13-5-11-22(27,21(25)26)16-24-12-10-17-6-3-2-4-7-17/h2-4,6-9,14,24,27H,5,10-13,15-16H2,1H3. The molecule has 6 heteroatoms.